The second-order valence-electron chi connectivity index (χ2n) is 7.42. The molecule has 0 aliphatic carbocycles. The first kappa shape index (κ1) is 18.1. The zero-order valence-electron chi connectivity index (χ0n) is 15.6. The highest BCUT2D eigenvalue weighted by Crippen LogP contribution is 2.34. The fourth-order valence-electron chi connectivity index (χ4n) is 3.44. The first-order valence-corrected chi connectivity index (χ1v) is 8.77. The molecule has 26 heavy (non-hydrogen) atoms. The molecule has 3 rings (SSSR count). The molecule has 5 nitrogen and oxygen atoms in total. The van der Waals surface area contributed by atoms with Gasteiger partial charge in [-0.1, -0.05) is 23.8 Å². The third kappa shape index (κ3) is 3.62. The van der Waals surface area contributed by atoms with E-state index in [-0.39, 0.29) is 24.3 Å². The molecule has 2 atom stereocenters. The maximum absolute atomic E-state index is 13.0. The van der Waals surface area contributed by atoms with E-state index in [0.717, 1.165) is 22.3 Å². The highest BCUT2D eigenvalue weighted by Gasteiger charge is 2.46. The molecule has 2 heterocycles. The Labute approximate surface area is 153 Å². The highest BCUT2D eigenvalue weighted by molar-refractivity contribution is 5.88. The number of amides is 1. The number of hydrogen-bond donors (Lipinski definition) is 1. The summed E-state index contributed by atoms with van der Waals surface area (Å²) in [7, 11) is 0. The van der Waals surface area contributed by atoms with Crippen LogP contribution in [0.1, 0.15) is 48.6 Å². The molecule has 0 bridgehead atoms. The number of nitrogens with zero attached hydrogens (tertiary/aromatic N) is 1. The van der Waals surface area contributed by atoms with Gasteiger partial charge < -0.3 is 10.1 Å². The van der Waals surface area contributed by atoms with Crippen molar-refractivity contribution in [1.29, 1.82) is 0 Å². The predicted octanol–water partition coefficient (Wildman–Crippen LogP) is 3.25. The van der Waals surface area contributed by atoms with Crippen molar-refractivity contribution in [1.82, 2.24) is 10.3 Å². The summed E-state index contributed by atoms with van der Waals surface area (Å²) in [6, 6.07) is 9.68. The van der Waals surface area contributed by atoms with Crippen molar-refractivity contribution in [2.75, 3.05) is 0 Å². The molecule has 1 aliphatic heterocycles. The maximum Gasteiger partial charge on any atom is 0.307 e. The normalized spacial score (nSPS) is 19.7. The van der Waals surface area contributed by atoms with Crippen LogP contribution >= 0.6 is 0 Å². The smallest absolute Gasteiger partial charge is 0.307 e. The number of carbonyl (C=O) groups is 2. The van der Waals surface area contributed by atoms with E-state index >= 15 is 0 Å². The topological polar surface area (TPSA) is 68.3 Å². The van der Waals surface area contributed by atoms with Crippen LogP contribution in [0, 0.1) is 19.8 Å². The van der Waals surface area contributed by atoms with Crippen LogP contribution < -0.4 is 5.32 Å². The summed E-state index contributed by atoms with van der Waals surface area (Å²) in [5.41, 5.74) is 3.40. The van der Waals surface area contributed by atoms with E-state index in [4.69, 9.17) is 4.74 Å². The molecule has 1 N–H and O–H groups in total. The van der Waals surface area contributed by atoms with Crippen molar-refractivity contribution in [2.24, 2.45) is 5.92 Å². The van der Waals surface area contributed by atoms with Gasteiger partial charge in [0.05, 0.1) is 18.4 Å². The van der Waals surface area contributed by atoms with Crippen LogP contribution in [0.4, 0.5) is 0 Å². The molecule has 1 aromatic carbocycles. The van der Waals surface area contributed by atoms with Gasteiger partial charge in [-0.05, 0) is 56.5 Å². The van der Waals surface area contributed by atoms with Gasteiger partial charge in [0.2, 0.25) is 5.91 Å². The van der Waals surface area contributed by atoms with E-state index in [1.165, 1.54) is 0 Å². The minimum Gasteiger partial charge on any atom is -0.459 e. The Morgan fingerprint density at radius 2 is 1.92 bits per heavy atom. The molecule has 1 saturated heterocycles. The molecule has 0 spiro atoms. The lowest BCUT2D eigenvalue weighted by atomic mass is 9.88. The predicted molar refractivity (Wildman–Crippen MR) is 98.4 cm³/mol. The highest BCUT2D eigenvalue weighted by atomic mass is 16.6. The molecule has 0 saturated carbocycles. The van der Waals surface area contributed by atoms with Gasteiger partial charge in [-0.3, -0.25) is 14.6 Å². The summed E-state index contributed by atoms with van der Waals surface area (Å²) in [6.45, 7) is 7.62. The van der Waals surface area contributed by atoms with Crippen LogP contribution in [0.25, 0.3) is 0 Å². The van der Waals surface area contributed by atoms with E-state index in [9.17, 15) is 9.59 Å². The van der Waals surface area contributed by atoms with Gasteiger partial charge in [0, 0.05) is 12.4 Å². The molecule has 5 heteroatoms. The quantitative estimate of drug-likeness (QED) is 0.858. The van der Waals surface area contributed by atoms with E-state index in [0.29, 0.717) is 0 Å². The summed E-state index contributed by atoms with van der Waals surface area (Å²) in [6.07, 6.45) is 3.53. The lowest BCUT2D eigenvalue weighted by molar-refractivity contribution is -0.147. The van der Waals surface area contributed by atoms with Crippen molar-refractivity contribution < 1.29 is 14.3 Å². The Morgan fingerprint density at radius 1 is 1.23 bits per heavy atom. The number of hydrogen-bond acceptors (Lipinski definition) is 4. The van der Waals surface area contributed by atoms with Crippen molar-refractivity contribution in [3.63, 3.8) is 0 Å². The van der Waals surface area contributed by atoms with Crippen molar-refractivity contribution in [2.45, 2.75) is 45.8 Å². The van der Waals surface area contributed by atoms with Crippen molar-refractivity contribution in [3.05, 3.63) is 65.0 Å². The minimum absolute atomic E-state index is 0.106. The van der Waals surface area contributed by atoms with Gasteiger partial charge in [-0.15, -0.1) is 0 Å². The molecule has 1 fully saturated rings. The van der Waals surface area contributed by atoms with Crippen molar-refractivity contribution in [3.8, 4) is 0 Å². The Kier molecular flexibility index (Phi) is 4.81. The molecule has 0 unspecified atom stereocenters. The zero-order valence-corrected chi connectivity index (χ0v) is 15.6. The lowest BCUT2D eigenvalue weighted by Gasteiger charge is -2.27. The van der Waals surface area contributed by atoms with Gasteiger partial charge in [0.1, 0.15) is 5.60 Å². The molecular weight excluding hydrogens is 328 g/mol. The van der Waals surface area contributed by atoms with Gasteiger partial charge in [0.15, 0.2) is 0 Å². The number of esters is 1. The average molecular weight is 352 g/mol. The number of carbonyl (C=O) groups excluding carboxylic acids is 2. The number of ether oxygens (including phenoxy) is 1. The summed E-state index contributed by atoms with van der Waals surface area (Å²) >= 11 is 0. The number of pyridine rings is 1. The molecule has 1 aliphatic rings. The molecule has 1 amide bonds. The number of aromatic nitrogens is 1. The first-order chi connectivity index (χ1) is 12.3. The maximum atomic E-state index is 13.0. The molecule has 136 valence electrons. The summed E-state index contributed by atoms with van der Waals surface area (Å²) in [5.74, 6) is -1.02. The molecule has 2 aromatic rings. The number of cyclic esters (lactones) is 1. The SMILES string of the molecule is Cc1ccc(C)c([C@H](NC(=O)[C@@H]2CC(=O)OC2(C)C)c2ccncc2)c1. The van der Waals surface area contributed by atoms with Crippen LogP contribution in [0.2, 0.25) is 0 Å². The second-order valence-corrected chi connectivity index (χ2v) is 7.42. The van der Waals surface area contributed by atoms with Crippen LogP contribution in [0.3, 0.4) is 0 Å². The van der Waals surface area contributed by atoms with Crippen LogP contribution in [-0.4, -0.2) is 22.5 Å². The Hall–Kier alpha value is -2.69. The van der Waals surface area contributed by atoms with Gasteiger partial charge >= 0.3 is 5.97 Å². The molecular formula is C21H24N2O3. The Balaban J connectivity index is 1.96. The zero-order chi connectivity index (χ0) is 18.9. The van der Waals surface area contributed by atoms with Crippen LogP contribution in [0.5, 0.6) is 0 Å². The summed E-state index contributed by atoms with van der Waals surface area (Å²) < 4.78 is 5.31. The van der Waals surface area contributed by atoms with Crippen molar-refractivity contribution >= 4 is 11.9 Å². The number of rotatable bonds is 4. The minimum atomic E-state index is -0.800. The van der Waals surface area contributed by atoms with Gasteiger partial charge in [-0.2, -0.15) is 0 Å². The second kappa shape index (κ2) is 6.90. The standard InChI is InChI=1S/C21H24N2O3/c1-13-5-6-14(2)16(11-13)19(15-7-9-22-10-8-15)23-20(25)17-12-18(24)26-21(17,3)4/h5-11,17,19H,12H2,1-4H3,(H,23,25)/t17-,19+/m0/s1. The van der Waals surface area contributed by atoms with E-state index in [2.05, 4.69) is 28.5 Å². The fourth-order valence-corrected chi connectivity index (χ4v) is 3.44. The van der Waals surface area contributed by atoms with Crippen LogP contribution in [0.15, 0.2) is 42.7 Å². The third-order valence-electron chi connectivity index (χ3n) is 4.98. The summed E-state index contributed by atoms with van der Waals surface area (Å²) in [5, 5.41) is 3.14. The summed E-state index contributed by atoms with van der Waals surface area (Å²) in [4.78, 5) is 28.8. The van der Waals surface area contributed by atoms with Crippen LogP contribution in [-0.2, 0) is 14.3 Å². The number of nitrogens with one attached hydrogen (secondary N) is 1. The largest absolute Gasteiger partial charge is 0.459 e. The Morgan fingerprint density at radius 3 is 2.54 bits per heavy atom. The fraction of sp³-hybridized carbons (Fsp3) is 0.381. The van der Waals surface area contributed by atoms with E-state index < -0.39 is 11.5 Å². The van der Waals surface area contributed by atoms with E-state index in [1.54, 1.807) is 26.2 Å². The number of aryl methyl sites for hydroxylation is 2. The van der Waals surface area contributed by atoms with E-state index in [1.807, 2.05) is 26.0 Å². The average Bonchev–Trinajstić information content (AvgIpc) is 2.88. The van der Waals surface area contributed by atoms with Gasteiger partial charge in [0.25, 0.3) is 0 Å². The molecule has 0 radical (unpaired) electrons. The number of benzene rings is 1. The third-order valence-corrected chi connectivity index (χ3v) is 4.98. The molecule has 1 aromatic heterocycles. The van der Waals surface area contributed by atoms with Gasteiger partial charge in [-0.25, -0.2) is 0 Å². The lowest BCUT2D eigenvalue weighted by Crippen LogP contribution is -2.42. The monoisotopic (exact) mass is 352 g/mol. The Bertz CT molecular complexity index is 830. The first-order valence-electron chi connectivity index (χ1n) is 8.77.